The molecule has 4 aromatic rings. The van der Waals surface area contributed by atoms with Crippen molar-refractivity contribution in [2.75, 3.05) is 13.2 Å². The van der Waals surface area contributed by atoms with E-state index >= 15 is 0 Å². The first-order valence-corrected chi connectivity index (χ1v) is 9.77. The van der Waals surface area contributed by atoms with Gasteiger partial charge in [0, 0.05) is 5.39 Å². The van der Waals surface area contributed by atoms with E-state index in [-0.39, 0.29) is 12.4 Å². The van der Waals surface area contributed by atoms with Gasteiger partial charge in [-0.25, -0.2) is 10.2 Å². The lowest BCUT2D eigenvalue weighted by Gasteiger charge is -2.05. The zero-order valence-corrected chi connectivity index (χ0v) is 16.8. The molecule has 1 amide bonds. The standard InChI is InChI=1S/C24H20N2O5/c1-2-29-23(27)15-30-18-10-7-16(8-11-18)14-25-26-24(28)22-13-20-19-6-4-3-5-17(19)9-12-21(20)31-22/h3-14H,2,15H2,1H3,(H,26,28)/b25-14+. The Balaban J connectivity index is 1.38. The Morgan fingerprint density at radius 1 is 1.03 bits per heavy atom. The molecule has 3 aromatic carbocycles. The summed E-state index contributed by atoms with van der Waals surface area (Å²) in [5.41, 5.74) is 3.86. The number of rotatable bonds is 7. The molecule has 0 atom stereocenters. The molecule has 0 aliphatic heterocycles. The van der Waals surface area contributed by atoms with Crippen LogP contribution in [0.15, 0.2) is 76.2 Å². The molecule has 0 saturated heterocycles. The summed E-state index contributed by atoms with van der Waals surface area (Å²) in [5, 5.41) is 6.96. The van der Waals surface area contributed by atoms with Gasteiger partial charge in [-0.2, -0.15) is 5.10 Å². The molecule has 4 rings (SSSR count). The molecule has 0 fully saturated rings. The molecule has 0 unspecified atom stereocenters. The Hall–Kier alpha value is -4.13. The van der Waals surface area contributed by atoms with Crippen molar-refractivity contribution in [3.8, 4) is 5.75 Å². The summed E-state index contributed by atoms with van der Waals surface area (Å²) in [7, 11) is 0. The third-order valence-corrected chi connectivity index (χ3v) is 4.57. The lowest BCUT2D eigenvalue weighted by Crippen LogP contribution is -2.16. The van der Waals surface area contributed by atoms with Crippen LogP contribution in [0.4, 0.5) is 0 Å². The number of carbonyl (C=O) groups is 2. The summed E-state index contributed by atoms with van der Waals surface area (Å²) in [6, 6.07) is 20.4. The van der Waals surface area contributed by atoms with Gasteiger partial charge in [-0.05, 0) is 59.7 Å². The molecule has 1 N–H and O–H groups in total. The topological polar surface area (TPSA) is 90.1 Å². The molecule has 0 spiro atoms. The Bertz CT molecular complexity index is 1260. The third kappa shape index (κ3) is 4.72. The fourth-order valence-corrected chi connectivity index (χ4v) is 3.12. The summed E-state index contributed by atoms with van der Waals surface area (Å²) in [6.45, 7) is 1.90. The van der Waals surface area contributed by atoms with E-state index in [1.807, 2.05) is 36.4 Å². The summed E-state index contributed by atoms with van der Waals surface area (Å²) in [6.07, 6.45) is 1.51. The normalized spacial score (nSPS) is 11.1. The Morgan fingerprint density at radius 2 is 1.84 bits per heavy atom. The van der Waals surface area contributed by atoms with Gasteiger partial charge in [0.25, 0.3) is 0 Å². The van der Waals surface area contributed by atoms with Crippen LogP contribution < -0.4 is 10.2 Å². The van der Waals surface area contributed by atoms with Crippen LogP contribution in [0.3, 0.4) is 0 Å². The third-order valence-electron chi connectivity index (χ3n) is 4.57. The smallest absolute Gasteiger partial charge is 0.344 e. The molecule has 1 heterocycles. The van der Waals surface area contributed by atoms with Gasteiger partial charge in [0.1, 0.15) is 11.3 Å². The molecule has 0 aliphatic rings. The van der Waals surface area contributed by atoms with Crippen molar-refractivity contribution in [2.24, 2.45) is 5.10 Å². The molecular weight excluding hydrogens is 396 g/mol. The highest BCUT2D eigenvalue weighted by molar-refractivity contribution is 6.08. The monoisotopic (exact) mass is 416 g/mol. The van der Waals surface area contributed by atoms with Crippen LogP contribution in [0.2, 0.25) is 0 Å². The summed E-state index contributed by atoms with van der Waals surface area (Å²) in [5.74, 6) is -0.143. The van der Waals surface area contributed by atoms with E-state index in [1.165, 1.54) is 6.21 Å². The van der Waals surface area contributed by atoms with Gasteiger partial charge in [-0.1, -0.05) is 30.3 Å². The first-order valence-electron chi connectivity index (χ1n) is 9.77. The molecule has 0 bridgehead atoms. The van der Waals surface area contributed by atoms with Crippen molar-refractivity contribution < 1.29 is 23.5 Å². The number of amides is 1. The van der Waals surface area contributed by atoms with E-state index in [9.17, 15) is 9.59 Å². The van der Waals surface area contributed by atoms with Crippen molar-refractivity contribution in [3.63, 3.8) is 0 Å². The second-order valence-corrected chi connectivity index (χ2v) is 6.67. The van der Waals surface area contributed by atoms with E-state index in [2.05, 4.69) is 10.5 Å². The maximum absolute atomic E-state index is 12.4. The van der Waals surface area contributed by atoms with Gasteiger partial charge in [-0.3, -0.25) is 4.79 Å². The van der Waals surface area contributed by atoms with Gasteiger partial charge >= 0.3 is 11.9 Å². The average Bonchev–Trinajstić information content (AvgIpc) is 3.24. The van der Waals surface area contributed by atoms with Crippen LogP contribution in [-0.4, -0.2) is 31.3 Å². The predicted octanol–water partition coefficient (Wildman–Crippen LogP) is 4.29. The van der Waals surface area contributed by atoms with Gasteiger partial charge in [0.15, 0.2) is 12.4 Å². The summed E-state index contributed by atoms with van der Waals surface area (Å²) >= 11 is 0. The molecule has 0 aliphatic carbocycles. The van der Waals surface area contributed by atoms with Gasteiger partial charge in [0.05, 0.1) is 12.8 Å². The highest BCUT2D eigenvalue weighted by atomic mass is 16.6. The minimum Gasteiger partial charge on any atom is -0.482 e. The Morgan fingerprint density at radius 3 is 2.65 bits per heavy atom. The SMILES string of the molecule is CCOC(=O)COc1ccc(/C=N/NC(=O)c2cc3c(ccc4ccccc43)o2)cc1. The Kier molecular flexibility index (Phi) is 5.93. The lowest BCUT2D eigenvalue weighted by atomic mass is 10.1. The molecule has 1 aromatic heterocycles. The Labute approximate surface area is 178 Å². The number of furan rings is 1. The first-order chi connectivity index (χ1) is 15.1. The number of benzene rings is 3. The molecule has 156 valence electrons. The number of hydrazone groups is 1. The summed E-state index contributed by atoms with van der Waals surface area (Å²) in [4.78, 5) is 23.7. The van der Waals surface area contributed by atoms with Crippen LogP contribution >= 0.6 is 0 Å². The molecule has 0 saturated carbocycles. The van der Waals surface area contributed by atoms with Gasteiger partial charge in [-0.15, -0.1) is 0 Å². The maximum Gasteiger partial charge on any atom is 0.344 e. The highest BCUT2D eigenvalue weighted by Crippen LogP contribution is 2.28. The van der Waals surface area contributed by atoms with Crippen LogP contribution in [-0.2, 0) is 9.53 Å². The quantitative estimate of drug-likeness (QED) is 0.276. The highest BCUT2D eigenvalue weighted by Gasteiger charge is 2.13. The van der Waals surface area contributed by atoms with E-state index in [0.29, 0.717) is 17.9 Å². The molecule has 0 radical (unpaired) electrons. The van der Waals surface area contributed by atoms with Crippen LogP contribution in [0, 0.1) is 0 Å². The van der Waals surface area contributed by atoms with Crippen molar-refractivity contribution >= 4 is 39.8 Å². The van der Waals surface area contributed by atoms with Crippen molar-refractivity contribution in [3.05, 3.63) is 78.1 Å². The molecule has 31 heavy (non-hydrogen) atoms. The fraction of sp³-hybridized carbons (Fsp3) is 0.125. The zero-order valence-electron chi connectivity index (χ0n) is 16.8. The molecule has 7 nitrogen and oxygen atoms in total. The number of nitrogens with one attached hydrogen (secondary N) is 1. The number of carbonyl (C=O) groups excluding carboxylic acids is 2. The van der Waals surface area contributed by atoms with Gasteiger partial charge < -0.3 is 13.9 Å². The second-order valence-electron chi connectivity index (χ2n) is 6.67. The minimum atomic E-state index is -0.439. The first kappa shape index (κ1) is 20.2. The number of hydrogen-bond acceptors (Lipinski definition) is 6. The predicted molar refractivity (Wildman–Crippen MR) is 117 cm³/mol. The lowest BCUT2D eigenvalue weighted by molar-refractivity contribution is -0.145. The maximum atomic E-state index is 12.4. The van der Waals surface area contributed by atoms with Crippen molar-refractivity contribution in [1.29, 1.82) is 0 Å². The van der Waals surface area contributed by atoms with Gasteiger partial charge in [0.2, 0.25) is 0 Å². The van der Waals surface area contributed by atoms with Crippen LogP contribution in [0.25, 0.3) is 21.7 Å². The van der Waals surface area contributed by atoms with Crippen molar-refractivity contribution in [1.82, 2.24) is 5.43 Å². The number of fused-ring (bicyclic) bond motifs is 3. The largest absolute Gasteiger partial charge is 0.482 e. The van der Waals surface area contributed by atoms with E-state index in [1.54, 1.807) is 37.3 Å². The molecular formula is C24H20N2O5. The van der Waals surface area contributed by atoms with Crippen LogP contribution in [0.5, 0.6) is 5.75 Å². The number of esters is 1. The number of ether oxygens (including phenoxy) is 2. The van der Waals surface area contributed by atoms with E-state index in [0.717, 1.165) is 21.7 Å². The van der Waals surface area contributed by atoms with E-state index < -0.39 is 11.9 Å². The fourth-order valence-electron chi connectivity index (χ4n) is 3.12. The van der Waals surface area contributed by atoms with E-state index in [4.69, 9.17) is 13.9 Å². The second kappa shape index (κ2) is 9.13. The zero-order chi connectivity index (χ0) is 21.6. The number of hydrogen-bond donors (Lipinski definition) is 1. The summed E-state index contributed by atoms with van der Waals surface area (Å²) < 4.78 is 15.8. The van der Waals surface area contributed by atoms with Crippen molar-refractivity contribution in [2.45, 2.75) is 6.92 Å². The minimum absolute atomic E-state index is 0.149. The average molecular weight is 416 g/mol. The number of nitrogens with zero attached hydrogens (tertiary/aromatic N) is 1. The molecule has 7 heteroatoms. The van der Waals surface area contributed by atoms with Crippen LogP contribution in [0.1, 0.15) is 23.0 Å².